The number of rotatable bonds is 5. The van der Waals surface area contributed by atoms with Crippen LogP contribution in [-0.2, 0) is 11.2 Å². The largest absolute Gasteiger partial charge is 0.355 e. The van der Waals surface area contributed by atoms with E-state index in [0.29, 0.717) is 5.92 Å². The van der Waals surface area contributed by atoms with Gasteiger partial charge in [-0.05, 0) is 42.0 Å². The Morgan fingerprint density at radius 1 is 0.879 bits per heavy atom. The van der Waals surface area contributed by atoms with E-state index in [-0.39, 0.29) is 5.91 Å². The minimum Gasteiger partial charge on any atom is -0.355 e. The molecule has 0 saturated carbocycles. The van der Waals surface area contributed by atoms with E-state index in [2.05, 4.69) is 76.0 Å². The van der Waals surface area contributed by atoms with Crippen molar-refractivity contribution >= 4 is 28.2 Å². The van der Waals surface area contributed by atoms with Crippen molar-refractivity contribution < 1.29 is 4.79 Å². The number of hydrogen-bond acceptors (Lipinski definition) is 4. The molecule has 0 bridgehead atoms. The summed E-state index contributed by atoms with van der Waals surface area (Å²) in [5, 5.41) is 14.6. The first kappa shape index (κ1) is 21.1. The summed E-state index contributed by atoms with van der Waals surface area (Å²) in [5.41, 5.74) is 4.45. The maximum atomic E-state index is 11.2. The monoisotopic (exact) mass is 436 g/mol. The van der Waals surface area contributed by atoms with Gasteiger partial charge in [0.05, 0.1) is 5.69 Å². The molecular formula is C28H28N4O. The molecule has 4 aromatic rings. The van der Waals surface area contributed by atoms with Gasteiger partial charge in [-0.25, -0.2) is 0 Å². The van der Waals surface area contributed by atoms with Crippen LogP contribution >= 0.6 is 0 Å². The molecule has 0 atom stereocenters. The Balaban J connectivity index is 1.32. The summed E-state index contributed by atoms with van der Waals surface area (Å²) in [4.78, 5) is 13.6. The number of carbonyl (C=O) groups is 1. The number of benzene rings is 3. The smallest absolute Gasteiger partial charge is 0.221 e. The number of fused-ring (bicyclic) bond motifs is 1. The Morgan fingerprint density at radius 3 is 2.24 bits per heavy atom. The van der Waals surface area contributed by atoms with E-state index in [1.54, 1.807) is 0 Å². The van der Waals surface area contributed by atoms with Gasteiger partial charge in [0.15, 0.2) is 5.82 Å². The summed E-state index contributed by atoms with van der Waals surface area (Å²) in [6, 6.07) is 27.2. The molecule has 1 saturated heterocycles. The number of nitrogens with zero attached hydrogens (tertiary/aromatic N) is 3. The number of nitrogens with one attached hydrogen (secondary N) is 1. The van der Waals surface area contributed by atoms with Gasteiger partial charge in [0.1, 0.15) is 0 Å². The minimum atomic E-state index is -0.0424. The van der Waals surface area contributed by atoms with Crippen molar-refractivity contribution in [3.63, 3.8) is 0 Å². The molecule has 5 rings (SSSR count). The molecule has 1 amide bonds. The van der Waals surface area contributed by atoms with Crippen molar-refractivity contribution in [2.24, 2.45) is 0 Å². The SMILES string of the molecule is CC(=O)Nc1ccc(C2CCN(c3nnc(Cc4ccccc4)c4ccccc34)CC2)cc1. The van der Waals surface area contributed by atoms with Crippen LogP contribution in [0.3, 0.4) is 0 Å². The van der Waals surface area contributed by atoms with Gasteiger partial charge < -0.3 is 10.2 Å². The molecule has 166 valence electrons. The van der Waals surface area contributed by atoms with Crippen molar-refractivity contribution in [3.05, 3.63) is 95.7 Å². The molecule has 33 heavy (non-hydrogen) atoms. The van der Waals surface area contributed by atoms with E-state index in [4.69, 9.17) is 5.10 Å². The van der Waals surface area contributed by atoms with Gasteiger partial charge in [0.2, 0.25) is 5.91 Å². The van der Waals surface area contributed by atoms with Crippen molar-refractivity contribution in [2.75, 3.05) is 23.3 Å². The molecular weight excluding hydrogens is 408 g/mol. The van der Waals surface area contributed by atoms with Crippen LogP contribution in [0.25, 0.3) is 10.8 Å². The summed E-state index contributed by atoms with van der Waals surface area (Å²) in [6.07, 6.45) is 2.92. The fraction of sp³-hybridized carbons (Fsp3) is 0.250. The van der Waals surface area contributed by atoms with Gasteiger partial charge in [-0.15, -0.1) is 5.10 Å². The van der Waals surface area contributed by atoms with Crippen molar-refractivity contribution in [1.82, 2.24) is 10.2 Å². The number of piperidine rings is 1. The lowest BCUT2D eigenvalue weighted by Gasteiger charge is -2.33. The zero-order valence-corrected chi connectivity index (χ0v) is 18.9. The summed E-state index contributed by atoms with van der Waals surface area (Å²) < 4.78 is 0. The molecule has 0 spiro atoms. The third-order valence-corrected chi connectivity index (χ3v) is 6.46. The van der Waals surface area contributed by atoms with Gasteiger partial charge in [-0.3, -0.25) is 4.79 Å². The average Bonchev–Trinajstić information content (AvgIpc) is 2.85. The number of hydrogen-bond donors (Lipinski definition) is 1. The number of anilines is 2. The summed E-state index contributed by atoms with van der Waals surface area (Å²) in [6.45, 7) is 3.44. The molecule has 0 unspecified atom stereocenters. The van der Waals surface area contributed by atoms with Crippen LogP contribution in [0, 0.1) is 0 Å². The van der Waals surface area contributed by atoms with Gasteiger partial charge >= 0.3 is 0 Å². The van der Waals surface area contributed by atoms with Gasteiger partial charge in [0, 0.05) is 42.9 Å². The van der Waals surface area contributed by atoms with Crippen LogP contribution < -0.4 is 10.2 Å². The van der Waals surface area contributed by atoms with Crippen LogP contribution in [0.5, 0.6) is 0 Å². The van der Waals surface area contributed by atoms with E-state index in [1.165, 1.54) is 28.8 Å². The zero-order chi connectivity index (χ0) is 22.6. The highest BCUT2D eigenvalue weighted by atomic mass is 16.1. The first-order valence-electron chi connectivity index (χ1n) is 11.6. The molecule has 1 N–H and O–H groups in total. The van der Waals surface area contributed by atoms with Crippen molar-refractivity contribution in [2.45, 2.75) is 32.1 Å². The highest BCUT2D eigenvalue weighted by Crippen LogP contribution is 2.33. The first-order valence-corrected chi connectivity index (χ1v) is 11.6. The molecule has 1 fully saturated rings. The van der Waals surface area contributed by atoms with Crippen molar-refractivity contribution in [3.8, 4) is 0 Å². The molecule has 1 aliphatic rings. The van der Waals surface area contributed by atoms with Gasteiger partial charge in [0.25, 0.3) is 0 Å². The minimum absolute atomic E-state index is 0.0424. The highest BCUT2D eigenvalue weighted by molar-refractivity contribution is 5.93. The lowest BCUT2D eigenvalue weighted by atomic mass is 9.89. The third-order valence-electron chi connectivity index (χ3n) is 6.46. The molecule has 0 radical (unpaired) electrons. The van der Waals surface area contributed by atoms with E-state index >= 15 is 0 Å². The number of aromatic nitrogens is 2. The molecule has 5 heteroatoms. The summed E-state index contributed by atoms with van der Waals surface area (Å²) in [5.74, 6) is 1.46. The number of carbonyl (C=O) groups excluding carboxylic acids is 1. The first-order chi connectivity index (χ1) is 16.2. The Hall–Kier alpha value is -3.73. The highest BCUT2D eigenvalue weighted by Gasteiger charge is 2.23. The van der Waals surface area contributed by atoms with Gasteiger partial charge in [-0.2, -0.15) is 5.10 Å². The number of amides is 1. The average molecular weight is 437 g/mol. The fourth-order valence-electron chi connectivity index (χ4n) is 4.77. The van der Waals surface area contributed by atoms with E-state index in [1.807, 2.05) is 18.2 Å². The van der Waals surface area contributed by atoms with Crippen LogP contribution in [0.2, 0.25) is 0 Å². The van der Waals surface area contributed by atoms with Crippen LogP contribution in [0.15, 0.2) is 78.9 Å². The zero-order valence-electron chi connectivity index (χ0n) is 18.9. The molecule has 1 aromatic heterocycles. The second-order valence-corrected chi connectivity index (χ2v) is 8.74. The Kier molecular flexibility index (Phi) is 6.03. The normalized spacial score (nSPS) is 14.4. The van der Waals surface area contributed by atoms with E-state index in [9.17, 15) is 4.79 Å². The molecule has 1 aliphatic heterocycles. The maximum Gasteiger partial charge on any atom is 0.221 e. The fourth-order valence-corrected chi connectivity index (χ4v) is 4.77. The van der Waals surface area contributed by atoms with Crippen LogP contribution in [-0.4, -0.2) is 29.2 Å². The van der Waals surface area contributed by atoms with Crippen LogP contribution in [0.4, 0.5) is 11.5 Å². The lowest BCUT2D eigenvalue weighted by Crippen LogP contribution is -2.34. The second-order valence-electron chi connectivity index (χ2n) is 8.74. The molecule has 3 aromatic carbocycles. The van der Waals surface area contributed by atoms with Crippen molar-refractivity contribution in [1.29, 1.82) is 0 Å². The molecule has 5 nitrogen and oxygen atoms in total. The van der Waals surface area contributed by atoms with E-state index < -0.39 is 0 Å². The quantitative estimate of drug-likeness (QED) is 0.445. The Labute approximate surface area is 194 Å². The summed E-state index contributed by atoms with van der Waals surface area (Å²) in [7, 11) is 0. The Morgan fingerprint density at radius 2 is 1.55 bits per heavy atom. The molecule has 0 aliphatic carbocycles. The second kappa shape index (κ2) is 9.41. The maximum absolute atomic E-state index is 11.2. The van der Waals surface area contributed by atoms with Crippen LogP contribution in [0.1, 0.15) is 42.5 Å². The lowest BCUT2D eigenvalue weighted by molar-refractivity contribution is -0.114. The third kappa shape index (κ3) is 4.72. The summed E-state index contributed by atoms with van der Waals surface area (Å²) >= 11 is 0. The predicted molar refractivity (Wildman–Crippen MR) is 134 cm³/mol. The van der Waals surface area contributed by atoms with Gasteiger partial charge in [-0.1, -0.05) is 66.7 Å². The standard InChI is InChI=1S/C28H28N4O/c1-20(33)29-24-13-11-22(12-14-24)23-15-17-32(18-16-23)28-26-10-6-5-9-25(26)27(30-31-28)19-21-7-3-2-4-8-21/h2-14,23H,15-19H2,1H3,(H,29,33). The van der Waals surface area contributed by atoms with E-state index in [0.717, 1.165) is 49.6 Å². The Bertz CT molecular complexity index is 1250. The predicted octanol–water partition coefficient (Wildman–Crippen LogP) is 5.56. The molecule has 2 heterocycles. The topological polar surface area (TPSA) is 58.1 Å².